The molecular formula is C14H17NO2. The number of hydrogen-bond acceptors (Lipinski definition) is 3. The maximum atomic E-state index is 11.8. The van der Waals surface area contributed by atoms with E-state index < -0.39 is 0 Å². The molecule has 17 heavy (non-hydrogen) atoms. The second kappa shape index (κ2) is 4.06. The molecular weight excluding hydrogens is 214 g/mol. The molecule has 2 heterocycles. The minimum atomic E-state index is -0.0774. The van der Waals surface area contributed by atoms with Gasteiger partial charge in [0.05, 0.1) is 0 Å². The Labute approximate surface area is 101 Å². The minimum Gasteiger partial charge on any atom is -0.461 e. The van der Waals surface area contributed by atoms with Gasteiger partial charge in [0.1, 0.15) is 12.1 Å². The van der Waals surface area contributed by atoms with E-state index in [2.05, 4.69) is 23.1 Å². The summed E-state index contributed by atoms with van der Waals surface area (Å²) in [5.41, 5.74) is 2.57. The van der Waals surface area contributed by atoms with Gasteiger partial charge in [0, 0.05) is 18.7 Å². The summed E-state index contributed by atoms with van der Waals surface area (Å²) in [6.45, 7) is 2.93. The summed E-state index contributed by atoms with van der Waals surface area (Å²) in [7, 11) is 0. The SMILES string of the molecule is CC1CC(N2CCCc3ccccc32)C(=O)O1. The number of para-hydroxylation sites is 1. The summed E-state index contributed by atoms with van der Waals surface area (Å²) in [5, 5.41) is 0. The molecule has 0 bridgehead atoms. The van der Waals surface area contributed by atoms with Gasteiger partial charge in [0.15, 0.2) is 0 Å². The third-order valence-corrected chi connectivity index (χ3v) is 3.67. The zero-order valence-electron chi connectivity index (χ0n) is 10.1. The summed E-state index contributed by atoms with van der Waals surface area (Å²) in [4.78, 5) is 14.1. The fourth-order valence-corrected chi connectivity index (χ4v) is 2.88. The number of carbonyl (C=O) groups is 1. The van der Waals surface area contributed by atoms with Crippen molar-refractivity contribution < 1.29 is 9.53 Å². The molecule has 1 aromatic rings. The van der Waals surface area contributed by atoms with E-state index in [1.54, 1.807) is 0 Å². The van der Waals surface area contributed by atoms with Crippen molar-refractivity contribution in [3.8, 4) is 0 Å². The van der Waals surface area contributed by atoms with Gasteiger partial charge in [-0.05, 0) is 31.4 Å². The first-order valence-corrected chi connectivity index (χ1v) is 6.31. The van der Waals surface area contributed by atoms with Gasteiger partial charge >= 0.3 is 5.97 Å². The van der Waals surface area contributed by atoms with Crippen molar-refractivity contribution in [2.45, 2.75) is 38.3 Å². The van der Waals surface area contributed by atoms with Gasteiger partial charge in [0.2, 0.25) is 0 Å². The lowest BCUT2D eigenvalue weighted by molar-refractivity contribution is -0.141. The Bertz CT molecular complexity index is 444. The van der Waals surface area contributed by atoms with Crippen LogP contribution in [0.5, 0.6) is 0 Å². The van der Waals surface area contributed by atoms with Gasteiger partial charge < -0.3 is 9.64 Å². The van der Waals surface area contributed by atoms with Crippen LogP contribution in [0.1, 0.15) is 25.3 Å². The van der Waals surface area contributed by atoms with Gasteiger partial charge in [-0.1, -0.05) is 18.2 Å². The predicted octanol–water partition coefficient (Wildman–Crippen LogP) is 2.14. The van der Waals surface area contributed by atoms with Gasteiger partial charge in [-0.2, -0.15) is 0 Å². The molecule has 0 N–H and O–H groups in total. The zero-order chi connectivity index (χ0) is 11.8. The number of hydrogen-bond donors (Lipinski definition) is 0. The highest BCUT2D eigenvalue weighted by Gasteiger charge is 2.37. The van der Waals surface area contributed by atoms with E-state index in [0.29, 0.717) is 0 Å². The number of ether oxygens (including phenoxy) is 1. The van der Waals surface area contributed by atoms with Crippen molar-refractivity contribution >= 4 is 11.7 Å². The smallest absolute Gasteiger partial charge is 0.329 e. The number of cyclic esters (lactones) is 1. The lowest BCUT2D eigenvalue weighted by Crippen LogP contribution is -2.41. The monoisotopic (exact) mass is 231 g/mol. The molecule has 0 aromatic heterocycles. The average molecular weight is 231 g/mol. The van der Waals surface area contributed by atoms with E-state index in [1.807, 2.05) is 13.0 Å². The van der Waals surface area contributed by atoms with E-state index in [1.165, 1.54) is 11.3 Å². The minimum absolute atomic E-state index is 0.0570. The molecule has 0 saturated carbocycles. The fourth-order valence-electron chi connectivity index (χ4n) is 2.88. The second-order valence-electron chi connectivity index (χ2n) is 4.92. The Morgan fingerprint density at radius 1 is 1.35 bits per heavy atom. The maximum Gasteiger partial charge on any atom is 0.329 e. The van der Waals surface area contributed by atoms with E-state index >= 15 is 0 Å². The van der Waals surface area contributed by atoms with Crippen LogP contribution in [0.4, 0.5) is 5.69 Å². The first kappa shape index (κ1) is 10.6. The highest BCUT2D eigenvalue weighted by Crippen LogP contribution is 2.32. The Balaban J connectivity index is 1.93. The third kappa shape index (κ3) is 1.79. The van der Waals surface area contributed by atoms with Crippen LogP contribution in [0.25, 0.3) is 0 Å². The molecule has 0 spiro atoms. The van der Waals surface area contributed by atoms with Crippen LogP contribution in [-0.2, 0) is 16.0 Å². The first-order valence-electron chi connectivity index (χ1n) is 6.31. The molecule has 1 saturated heterocycles. The summed E-state index contributed by atoms with van der Waals surface area (Å²) in [5.74, 6) is -0.0609. The molecule has 0 amide bonds. The standard InChI is InChI=1S/C14H17NO2/c1-10-9-13(14(16)17-10)15-8-4-6-11-5-2-3-7-12(11)15/h2-3,5,7,10,13H,4,6,8-9H2,1H3. The number of aryl methyl sites for hydroxylation is 1. The van der Waals surface area contributed by atoms with E-state index in [-0.39, 0.29) is 18.1 Å². The van der Waals surface area contributed by atoms with E-state index in [0.717, 1.165) is 25.8 Å². The van der Waals surface area contributed by atoms with Crippen molar-refractivity contribution in [3.05, 3.63) is 29.8 Å². The largest absolute Gasteiger partial charge is 0.461 e. The number of carbonyl (C=O) groups excluding carboxylic acids is 1. The van der Waals surface area contributed by atoms with Crippen molar-refractivity contribution in [2.24, 2.45) is 0 Å². The maximum absolute atomic E-state index is 11.8. The number of nitrogens with zero attached hydrogens (tertiary/aromatic N) is 1. The summed E-state index contributed by atoms with van der Waals surface area (Å²) in [6.07, 6.45) is 3.10. The Hall–Kier alpha value is -1.51. The van der Waals surface area contributed by atoms with Gasteiger partial charge in [0.25, 0.3) is 0 Å². The summed E-state index contributed by atoms with van der Waals surface area (Å²) >= 11 is 0. The molecule has 2 aliphatic heterocycles. The predicted molar refractivity (Wildman–Crippen MR) is 66.1 cm³/mol. The molecule has 0 radical (unpaired) electrons. The highest BCUT2D eigenvalue weighted by atomic mass is 16.6. The third-order valence-electron chi connectivity index (χ3n) is 3.67. The van der Waals surface area contributed by atoms with Crippen LogP contribution < -0.4 is 4.90 Å². The van der Waals surface area contributed by atoms with Crippen molar-refractivity contribution in [1.29, 1.82) is 0 Å². The van der Waals surface area contributed by atoms with Crippen LogP contribution in [0.15, 0.2) is 24.3 Å². The van der Waals surface area contributed by atoms with Crippen LogP contribution in [-0.4, -0.2) is 24.7 Å². The summed E-state index contributed by atoms with van der Waals surface area (Å²) < 4.78 is 5.26. The first-order chi connectivity index (χ1) is 8.25. The lowest BCUT2D eigenvalue weighted by Gasteiger charge is -2.34. The number of benzene rings is 1. The van der Waals surface area contributed by atoms with Crippen molar-refractivity contribution in [2.75, 3.05) is 11.4 Å². The number of rotatable bonds is 1. The highest BCUT2D eigenvalue weighted by molar-refractivity contribution is 5.82. The molecule has 1 fully saturated rings. The molecule has 2 aliphatic rings. The topological polar surface area (TPSA) is 29.5 Å². The molecule has 90 valence electrons. The van der Waals surface area contributed by atoms with Crippen molar-refractivity contribution in [3.63, 3.8) is 0 Å². The zero-order valence-corrected chi connectivity index (χ0v) is 10.1. The van der Waals surface area contributed by atoms with Gasteiger partial charge in [-0.3, -0.25) is 0 Å². The average Bonchev–Trinajstić information content (AvgIpc) is 2.68. The van der Waals surface area contributed by atoms with Gasteiger partial charge in [-0.15, -0.1) is 0 Å². The fraction of sp³-hybridized carbons (Fsp3) is 0.500. The normalized spacial score (nSPS) is 27.8. The molecule has 3 heteroatoms. The van der Waals surface area contributed by atoms with E-state index in [4.69, 9.17) is 4.74 Å². The van der Waals surface area contributed by atoms with E-state index in [9.17, 15) is 4.79 Å². The Kier molecular flexibility index (Phi) is 2.54. The Morgan fingerprint density at radius 2 is 2.18 bits per heavy atom. The van der Waals surface area contributed by atoms with Crippen LogP contribution >= 0.6 is 0 Å². The molecule has 1 aromatic carbocycles. The second-order valence-corrected chi connectivity index (χ2v) is 4.92. The summed E-state index contributed by atoms with van der Waals surface area (Å²) in [6, 6.07) is 8.31. The molecule has 0 aliphatic carbocycles. The van der Waals surface area contributed by atoms with Crippen LogP contribution in [0, 0.1) is 0 Å². The number of anilines is 1. The molecule has 3 nitrogen and oxygen atoms in total. The molecule has 2 unspecified atom stereocenters. The number of esters is 1. The van der Waals surface area contributed by atoms with Crippen LogP contribution in [0.3, 0.4) is 0 Å². The quantitative estimate of drug-likeness (QED) is 0.693. The number of fused-ring (bicyclic) bond motifs is 1. The lowest BCUT2D eigenvalue weighted by atomic mass is 9.99. The molecule has 2 atom stereocenters. The van der Waals surface area contributed by atoms with Crippen LogP contribution in [0.2, 0.25) is 0 Å². The molecule has 3 rings (SSSR count). The van der Waals surface area contributed by atoms with Gasteiger partial charge in [-0.25, -0.2) is 4.79 Å². The Morgan fingerprint density at radius 3 is 2.94 bits per heavy atom. The van der Waals surface area contributed by atoms with Crippen molar-refractivity contribution in [1.82, 2.24) is 0 Å².